The molecule has 0 aromatic heterocycles. The van der Waals surface area contributed by atoms with Gasteiger partial charge in [-0.25, -0.2) is 0 Å². The highest BCUT2D eigenvalue weighted by molar-refractivity contribution is 9.10. The summed E-state index contributed by atoms with van der Waals surface area (Å²) in [6.07, 6.45) is 0. The summed E-state index contributed by atoms with van der Waals surface area (Å²) in [5.41, 5.74) is 1.83. The van der Waals surface area contributed by atoms with E-state index in [2.05, 4.69) is 31.9 Å². The Labute approximate surface area is 145 Å². The summed E-state index contributed by atoms with van der Waals surface area (Å²) in [5, 5.41) is 0.338. The molecule has 0 aliphatic carbocycles. The maximum atomic E-state index is 6.54. The van der Waals surface area contributed by atoms with Crippen molar-refractivity contribution in [3.05, 3.63) is 61.5 Å². The molecule has 5 heteroatoms. The molecule has 0 saturated heterocycles. The molecule has 2 aromatic rings. The molecule has 0 aliphatic heterocycles. The normalized spacial score (nSPS) is 12.2. The van der Waals surface area contributed by atoms with Gasteiger partial charge in [0, 0.05) is 9.50 Å². The Balaban J connectivity index is 2.35. The van der Waals surface area contributed by atoms with Crippen molar-refractivity contribution in [3.8, 4) is 5.75 Å². The number of hydrogen-bond donors (Lipinski definition) is 0. The SMILES string of the molecule is CCOc1ccc(C(Cl)c2cc(Br)ccc2Cl)cc1Br. The van der Waals surface area contributed by atoms with Crippen LogP contribution in [0, 0.1) is 0 Å². The van der Waals surface area contributed by atoms with Crippen molar-refractivity contribution in [1.82, 2.24) is 0 Å². The van der Waals surface area contributed by atoms with Gasteiger partial charge in [-0.3, -0.25) is 0 Å². The first-order chi connectivity index (χ1) is 9.52. The number of hydrogen-bond acceptors (Lipinski definition) is 1. The van der Waals surface area contributed by atoms with Crippen LogP contribution < -0.4 is 4.74 Å². The predicted octanol–water partition coefficient (Wildman–Crippen LogP) is 6.59. The third kappa shape index (κ3) is 3.70. The van der Waals surface area contributed by atoms with Crippen LogP contribution in [0.4, 0.5) is 0 Å². The molecule has 0 amide bonds. The standard InChI is InChI=1S/C15H12Br2Cl2O/c1-2-20-14-6-3-9(7-12(14)17)15(19)11-8-10(16)4-5-13(11)18/h3-8,15H,2H2,1H3. The molecule has 1 atom stereocenters. The van der Waals surface area contributed by atoms with Crippen LogP contribution >= 0.6 is 55.1 Å². The molecule has 20 heavy (non-hydrogen) atoms. The first-order valence-electron chi connectivity index (χ1n) is 6.04. The molecule has 0 aliphatic rings. The average Bonchev–Trinajstić information content (AvgIpc) is 2.43. The van der Waals surface area contributed by atoms with E-state index in [-0.39, 0.29) is 5.38 Å². The monoisotopic (exact) mass is 436 g/mol. The summed E-state index contributed by atoms with van der Waals surface area (Å²) in [6, 6.07) is 11.5. The molecule has 0 N–H and O–H groups in total. The van der Waals surface area contributed by atoms with Gasteiger partial charge in [0.25, 0.3) is 0 Å². The van der Waals surface area contributed by atoms with Crippen LogP contribution in [0.3, 0.4) is 0 Å². The second kappa shape index (κ2) is 7.17. The smallest absolute Gasteiger partial charge is 0.133 e. The zero-order chi connectivity index (χ0) is 14.7. The predicted molar refractivity (Wildman–Crippen MR) is 92.2 cm³/mol. The Morgan fingerprint density at radius 1 is 1.15 bits per heavy atom. The van der Waals surface area contributed by atoms with Gasteiger partial charge in [-0.05, 0) is 64.3 Å². The Morgan fingerprint density at radius 3 is 2.55 bits per heavy atom. The molecule has 106 valence electrons. The largest absolute Gasteiger partial charge is 0.493 e. The van der Waals surface area contributed by atoms with E-state index >= 15 is 0 Å². The third-order valence-electron chi connectivity index (χ3n) is 2.78. The van der Waals surface area contributed by atoms with Gasteiger partial charge in [0.2, 0.25) is 0 Å². The Hall–Kier alpha value is -0.220. The average molecular weight is 439 g/mol. The van der Waals surface area contributed by atoms with Crippen LogP contribution in [0.5, 0.6) is 5.75 Å². The lowest BCUT2D eigenvalue weighted by atomic mass is 10.0. The third-order valence-corrected chi connectivity index (χ3v) is 4.72. The quantitative estimate of drug-likeness (QED) is 0.489. The molecular formula is C15H12Br2Cl2O. The van der Waals surface area contributed by atoms with E-state index in [9.17, 15) is 0 Å². The second-order valence-corrected chi connectivity index (χ2v) is 6.76. The van der Waals surface area contributed by atoms with Gasteiger partial charge >= 0.3 is 0 Å². The first-order valence-corrected chi connectivity index (χ1v) is 8.44. The van der Waals surface area contributed by atoms with Gasteiger partial charge in [-0.15, -0.1) is 11.6 Å². The first kappa shape index (κ1) is 16.2. The van der Waals surface area contributed by atoms with Gasteiger partial charge in [-0.1, -0.05) is 33.6 Å². The molecule has 0 spiro atoms. The minimum atomic E-state index is -0.313. The molecule has 0 bridgehead atoms. The molecule has 0 fully saturated rings. The zero-order valence-corrected chi connectivity index (χ0v) is 15.4. The van der Waals surface area contributed by atoms with E-state index in [1.54, 1.807) is 0 Å². The van der Waals surface area contributed by atoms with E-state index in [1.165, 1.54) is 0 Å². The summed E-state index contributed by atoms with van der Waals surface area (Å²) in [4.78, 5) is 0. The van der Waals surface area contributed by atoms with E-state index in [0.29, 0.717) is 11.6 Å². The lowest BCUT2D eigenvalue weighted by Crippen LogP contribution is -1.97. The van der Waals surface area contributed by atoms with E-state index < -0.39 is 0 Å². The van der Waals surface area contributed by atoms with Crippen molar-refractivity contribution >= 4 is 55.1 Å². The lowest BCUT2D eigenvalue weighted by Gasteiger charge is -2.14. The maximum Gasteiger partial charge on any atom is 0.133 e. The summed E-state index contributed by atoms with van der Waals surface area (Å²) in [5.74, 6) is 0.806. The fraction of sp³-hybridized carbons (Fsp3) is 0.200. The van der Waals surface area contributed by atoms with Gasteiger partial charge in [0.1, 0.15) is 5.75 Å². The molecule has 1 nitrogen and oxygen atoms in total. The van der Waals surface area contributed by atoms with Crippen LogP contribution in [0.15, 0.2) is 45.3 Å². The van der Waals surface area contributed by atoms with Crippen LogP contribution in [-0.4, -0.2) is 6.61 Å². The van der Waals surface area contributed by atoms with Crippen molar-refractivity contribution in [2.45, 2.75) is 12.3 Å². The summed E-state index contributed by atoms with van der Waals surface area (Å²) < 4.78 is 7.33. The summed E-state index contributed by atoms with van der Waals surface area (Å²) >= 11 is 19.7. The van der Waals surface area contributed by atoms with E-state index in [4.69, 9.17) is 27.9 Å². The molecule has 0 radical (unpaired) electrons. The number of ether oxygens (including phenoxy) is 1. The van der Waals surface area contributed by atoms with Gasteiger partial charge in [0.05, 0.1) is 16.5 Å². The van der Waals surface area contributed by atoms with E-state index in [1.807, 2.05) is 43.3 Å². The van der Waals surface area contributed by atoms with E-state index in [0.717, 1.165) is 25.8 Å². The molecular weight excluding hydrogens is 427 g/mol. The van der Waals surface area contributed by atoms with Crippen molar-refractivity contribution in [1.29, 1.82) is 0 Å². The second-order valence-electron chi connectivity index (χ2n) is 4.15. The fourth-order valence-electron chi connectivity index (χ4n) is 1.84. The topological polar surface area (TPSA) is 9.23 Å². The molecule has 1 unspecified atom stereocenters. The van der Waals surface area contributed by atoms with Crippen molar-refractivity contribution in [2.24, 2.45) is 0 Å². The van der Waals surface area contributed by atoms with Crippen LogP contribution in [0.2, 0.25) is 5.02 Å². The number of rotatable bonds is 4. The number of benzene rings is 2. The number of alkyl halides is 1. The highest BCUT2D eigenvalue weighted by Crippen LogP contribution is 2.38. The zero-order valence-electron chi connectivity index (χ0n) is 10.7. The molecule has 2 aromatic carbocycles. The number of halogens is 4. The van der Waals surface area contributed by atoms with Crippen LogP contribution in [0.1, 0.15) is 23.4 Å². The van der Waals surface area contributed by atoms with Gasteiger partial charge < -0.3 is 4.74 Å². The molecule has 0 heterocycles. The summed E-state index contributed by atoms with van der Waals surface area (Å²) in [6.45, 7) is 2.58. The molecule has 0 saturated carbocycles. The van der Waals surface area contributed by atoms with Crippen LogP contribution in [0.25, 0.3) is 0 Å². The maximum absolute atomic E-state index is 6.54. The van der Waals surface area contributed by atoms with Gasteiger partial charge in [0.15, 0.2) is 0 Å². The highest BCUT2D eigenvalue weighted by atomic mass is 79.9. The van der Waals surface area contributed by atoms with Crippen molar-refractivity contribution < 1.29 is 4.74 Å². The Kier molecular flexibility index (Phi) is 5.79. The van der Waals surface area contributed by atoms with Crippen LogP contribution in [-0.2, 0) is 0 Å². The molecule has 2 rings (SSSR count). The Morgan fingerprint density at radius 2 is 1.90 bits per heavy atom. The highest BCUT2D eigenvalue weighted by Gasteiger charge is 2.16. The van der Waals surface area contributed by atoms with Crippen molar-refractivity contribution in [2.75, 3.05) is 6.61 Å². The van der Waals surface area contributed by atoms with Gasteiger partial charge in [-0.2, -0.15) is 0 Å². The lowest BCUT2D eigenvalue weighted by molar-refractivity contribution is 0.338. The minimum Gasteiger partial charge on any atom is -0.493 e. The minimum absolute atomic E-state index is 0.313. The van der Waals surface area contributed by atoms with Crippen molar-refractivity contribution in [3.63, 3.8) is 0 Å². The Bertz CT molecular complexity index is 617. The fourth-order valence-corrected chi connectivity index (χ4v) is 3.32. The summed E-state index contributed by atoms with van der Waals surface area (Å²) in [7, 11) is 0.